The van der Waals surface area contributed by atoms with Gasteiger partial charge in [0.05, 0.1) is 5.69 Å². The first-order valence-corrected chi connectivity index (χ1v) is 9.83. The highest BCUT2D eigenvalue weighted by molar-refractivity contribution is 5.65. The van der Waals surface area contributed by atoms with Gasteiger partial charge in [-0.1, -0.05) is 24.3 Å². The Morgan fingerprint density at radius 2 is 1.61 bits per heavy atom. The topological polar surface area (TPSA) is 91.5 Å². The molecule has 3 N–H and O–H groups in total. The van der Waals surface area contributed by atoms with Gasteiger partial charge in [0.1, 0.15) is 17.3 Å². The van der Waals surface area contributed by atoms with Crippen LogP contribution >= 0.6 is 0 Å². The lowest BCUT2D eigenvalue weighted by Crippen LogP contribution is -2.05. The molecule has 0 saturated carbocycles. The van der Waals surface area contributed by atoms with Gasteiger partial charge >= 0.3 is 0 Å². The fourth-order valence-electron chi connectivity index (χ4n) is 3.27. The molecule has 0 saturated heterocycles. The summed E-state index contributed by atoms with van der Waals surface area (Å²) in [6.07, 6.45) is 0. The molecule has 0 radical (unpaired) electrons. The molecule has 0 unspecified atom stereocenters. The lowest BCUT2D eigenvalue weighted by atomic mass is 10.1. The quantitative estimate of drug-likeness (QED) is 0.467. The molecule has 0 atom stereocenters. The second-order valence-electron chi connectivity index (χ2n) is 6.98. The van der Waals surface area contributed by atoms with Crippen LogP contribution in [0.3, 0.4) is 0 Å². The van der Waals surface area contributed by atoms with Gasteiger partial charge in [-0.05, 0) is 54.1 Å². The Labute approximate surface area is 179 Å². The number of aromatic nitrogens is 2. The number of nitrogens with two attached hydrogens (primary N) is 1. The summed E-state index contributed by atoms with van der Waals surface area (Å²) < 4.78 is 16.6. The SMILES string of the molecule is Nc1nc(NCc2ccc3c(c2)OCO3)cc(-c2ccc(Oc3ccccc3)cc2)n1. The number of nitrogens with one attached hydrogen (secondary N) is 1. The van der Waals surface area contributed by atoms with E-state index in [1.165, 1.54) is 0 Å². The number of anilines is 2. The molecule has 0 bridgehead atoms. The maximum Gasteiger partial charge on any atom is 0.231 e. The van der Waals surface area contributed by atoms with Crippen molar-refractivity contribution in [1.29, 1.82) is 0 Å². The molecule has 0 spiro atoms. The zero-order chi connectivity index (χ0) is 21.0. The Morgan fingerprint density at radius 3 is 2.45 bits per heavy atom. The lowest BCUT2D eigenvalue weighted by molar-refractivity contribution is 0.174. The summed E-state index contributed by atoms with van der Waals surface area (Å²) >= 11 is 0. The van der Waals surface area contributed by atoms with Crippen molar-refractivity contribution in [3.8, 4) is 34.3 Å². The van der Waals surface area contributed by atoms with Gasteiger partial charge in [0, 0.05) is 18.2 Å². The zero-order valence-electron chi connectivity index (χ0n) is 16.6. The van der Waals surface area contributed by atoms with Gasteiger partial charge in [-0.3, -0.25) is 0 Å². The number of benzene rings is 3. The van der Waals surface area contributed by atoms with E-state index in [9.17, 15) is 0 Å². The number of nitrogens with zero attached hydrogens (tertiary/aromatic N) is 2. The van der Waals surface area contributed by atoms with Crippen molar-refractivity contribution in [1.82, 2.24) is 9.97 Å². The van der Waals surface area contributed by atoms with Gasteiger partial charge < -0.3 is 25.3 Å². The lowest BCUT2D eigenvalue weighted by Gasteiger charge is -2.10. The highest BCUT2D eigenvalue weighted by atomic mass is 16.7. The molecule has 1 aliphatic rings. The van der Waals surface area contributed by atoms with Crippen molar-refractivity contribution in [2.24, 2.45) is 0 Å². The van der Waals surface area contributed by atoms with Crippen LogP contribution in [0.1, 0.15) is 5.56 Å². The number of ether oxygens (including phenoxy) is 3. The van der Waals surface area contributed by atoms with E-state index in [1.807, 2.05) is 78.9 Å². The van der Waals surface area contributed by atoms with Crippen LogP contribution in [-0.2, 0) is 6.54 Å². The van der Waals surface area contributed by atoms with Gasteiger partial charge in [0.2, 0.25) is 12.7 Å². The molecular weight excluding hydrogens is 392 g/mol. The van der Waals surface area contributed by atoms with Gasteiger partial charge in [-0.15, -0.1) is 0 Å². The molecule has 2 heterocycles. The maximum absolute atomic E-state index is 5.95. The van der Waals surface area contributed by atoms with Crippen LogP contribution in [0.4, 0.5) is 11.8 Å². The van der Waals surface area contributed by atoms with Crippen LogP contribution in [0.2, 0.25) is 0 Å². The van der Waals surface area contributed by atoms with Gasteiger partial charge in [-0.25, -0.2) is 4.98 Å². The van der Waals surface area contributed by atoms with E-state index in [1.54, 1.807) is 0 Å². The van der Waals surface area contributed by atoms with E-state index in [4.69, 9.17) is 19.9 Å². The average Bonchev–Trinajstić information content (AvgIpc) is 3.26. The van der Waals surface area contributed by atoms with Gasteiger partial charge in [0.25, 0.3) is 0 Å². The van der Waals surface area contributed by atoms with Gasteiger partial charge in [0.15, 0.2) is 11.5 Å². The Kier molecular flexibility index (Phi) is 4.98. The summed E-state index contributed by atoms with van der Waals surface area (Å²) in [7, 11) is 0. The van der Waals surface area contributed by atoms with E-state index in [2.05, 4.69) is 15.3 Å². The summed E-state index contributed by atoms with van der Waals surface area (Å²) in [6.45, 7) is 0.823. The summed E-state index contributed by atoms with van der Waals surface area (Å²) in [5.74, 6) is 3.90. The van der Waals surface area contributed by atoms with Crippen molar-refractivity contribution in [3.63, 3.8) is 0 Å². The molecule has 0 aliphatic carbocycles. The third kappa shape index (κ3) is 4.35. The molecule has 3 aromatic carbocycles. The number of para-hydroxylation sites is 1. The first-order valence-electron chi connectivity index (χ1n) is 9.83. The van der Waals surface area contributed by atoms with Crippen molar-refractivity contribution in [2.45, 2.75) is 6.54 Å². The number of nitrogen functional groups attached to an aromatic ring is 1. The Bertz CT molecular complexity index is 1200. The fourth-order valence-corrected chi connectivity index (χ4v) is 3.27. The van der Waals surface area contributed by atoms with Crippen molar-refractivity contribution in [2.75, 3.05) is 17.8 Å². The van der Waals surface area contributed by atoms with E-state index >= 15 is 0 Å². The standard InChI is InChI=1S/C24H20N4O3/c25-24-27-20(17-7-9-19(10-8-17)31-18-4-2-1-3-5-18)13-23(28-24)26-14-16-6-11-21-22(12-16)30-15-29-21/h1-13H,14-15H2,(H3,25,26,27,28). The molecule has 0 amide bonds. The molecule has 5 rings (SSSR count). The van der Waals surface area contributed by atoms with Crippen LogP contribution in [0.15, 0.2) is 78.9 Å². The highest BCUT2D eigenvalue weighted by Gasteiger charge is 2.13. The average molecular weight is 412 g/mol. The first kappa shape index (κ1) is 18.7. The largest absolute Gasteiger partial charge is 0.457 e. The molecule has 0 fully saturated rings. The maximum atomic E-state index is 5.95. The molecule has 4 aromatic rings. The Hall–Kier alpha value is -4.26. The number of hydrogen-bond donors (Lipinski definition) is 2. The van der Waals surface area contributed by atoms with Crippen LogP contribution in [-0.4, -0.2) is 16.8 Å². The molecule has 1 aromatic heterocycles. The highest BCUT2D eigenvalue weighted by Crippen LogP contribution is 2.33. The van der Waals surface area contributed by atoms with Crippen molar-refractivity contribution in [3.05, 3.63) is 84.4 Å². The predicted molar refractivity (Wildman–Crippen MR) is 118 cm³/mol. The van der Waals surface area contributed by atoms with Gasteiger partial charge in [-0.2, -0.15) is 4.98 Å². The minimum Gasteiger partial charge on any atom is -0.457 e. The van der Waals surface area contributed by atoms with E-state index in [0.717, 1.165) is 39.8 Å². The molecule has 1 aliphatic heterocycles. The normalized spacial score (nSPS) is 11.9. The van der Waals surface area contributed by atoms with E-state index in [0.29, 0.717) is 12.4 Å². The smallest absolute Gasteiger partial charge is 0.231 e. The Morgan fingerprint density at radius 1 is 0.839 bits per heavy atom. The molecule has 7 nitrogen and oxygen atoms in total. The minimum atomic E-state index is 0.204. The van der Waals surface area contributed by atoms with Crippen LogP contribution < -0.4 is 25.3 Å². The monoisotopic (exact) mass is 412 g/mol. The van der Waals surface area contributed by atoms with E-state index < -0.39 is 0 Å². The number of hydrogen-bond acceptors (Lipinski definition) is 7. The summed E-state index contributed by atoms with van der Waals surface area (Å²) in [6, 6.07) is 25.1. The summed E-state index contributed by atoms with van der Waals surface area (Å²) in [4.78, 5) is 8.66. The fraction of sp³-hybridized carbons (Fsp3) is 0.0833. The molecule has 31 heavy (non-hydrogen) atoms. The first-order chi connectivity index (χ1) is 15.2. The summed E-state index contributed by atoms with van der Waals surface area (Å²) in [5, 5.41) is 3.29. The van der Waals surface area contributed by atoms with Crippen molar-refractivity contribution < 1.29 is 14.2 Å². The van der Waals surface area contributed by atoms with Crippen LogP contribution in [0.5, 0.6) is 23.0 Å². The second kappa shape index (κ2) is 8.23. The van der Waals surface area contributed by atoms with Crippen LogP contribution in [0.25, 0.3) is 11.3 Å². The summed E-state index contributed by atoms with van der Waals surface area (Å²) in [5.41, 5.74) is 8.64. The zero-order valence-corrected chi connectivity index (χ0v) is 16.6. The number of rotatable bonds is 6. The third-order valence-corrected chi connectivity index (χ3v) is 4.78. The number of fused-ring (bicyclic) bond motifs is 1. The minimum absolute atomic E-state index is 0.204. The Balaban J connectivity index is 1.30. The third-order valence-electron chi connectivity index (χ3n) is 4.78. The second-order valence-corrected chi connectivity index (χ2v) is 6.98. The molecule has 7 heteroatoms. The molecular formula is C24H20N4O3. The van der Waals surface area contributed by atoms with E-state index in [-0.39, 0.29) is 12.7 Å². The van der Waals surface area contributed by atoms with Crippen LogP contribution in [0, 0.1) is 0 Å². The van der Waals surface area contributed by atoms with Crippen molar-refractivity contribution >= 4 is 11.8 Å². The molecule has 154 valence electrons. The predicted octanol–water partition coefficient (Wildman–Crippen LogP) is 4.86.